The second-order valence-corrected chi connectivity index (χ2v) is 5.68. The third-order valence-electron chi connectivity index (χ3n) is 4.44. The van der Waals surface area contributed by atoms with Gasteiger partial charge in [-0.2, -0.15) is 0 Å². The van der Waals surface area contributed by atoms with E-state index < -0.39 is 0 Å². The highest BCUT2D eigenvalue weighted by atomic mass is 16.5. The van der Waals surface area contributed by atoms with E-state index in [-0.39, 0.29) is 0 Å². The van der Waals surface area contributed by atoms with Crippen molar-refractivity contribution in [3.63, 3.8) is 0 Å². The van der Waals surface area contributed by atoms with Gasteiger partial charge in [0.2, 0.25) is 0 Å². The number of hydrogen-bond donors (Lipinski definition) is 1. The molecule has 1 N–H and O–H groups in total. The quantitative estimate of drug-likeness (QED) is 0.933. The smallest absolute Gasteiger partial charge is 0.119 e. The summed E-state index contributed by atoms with van der Waals surface area (Å²) >= 11 is 0. The molecule has 2 aromatic rings. The van der Waals surface area contributed by atoms with Crippen molar-refractivity contribution in [1.29, 1.82) is 0 Å². The molecule has 2 aromatic carbocycles. The molecule has 0 aromatic heterocycles. The SMILES string of the molecule is CC[C@H](c1ccc2cc(OC)ccc2c1)N1CCNCC1. The monoisotopic (exact) mass is 284 g/mol. The zero-order valence-corrected chi connectivity index (χ0v) is 12.9. The Bertz CT molecular complexity index is 605. The van der Waals surface area contributed by atoms with Gasteiger partial charge in [-0.3, -0.25) is 4.90 Å². The maximum Gasteiger partial charge on any atom is 0.119 e. The molecule has 1 atom stereocenters. The lowest BCUT2D eigenvalue weighted by atomic mass is 9.98. The number of hydrogen-bond acceptors (Lipinski definition) is 3. The highest BCUT2D eigenvalue weighted by molar-refractivity contribution is 5.84. The van der Waals surface area contributed by atoms with E-state index in [4.69, 9.17) is 4.74 Å². The first kappa shape index (κ1) is 14.4. The molecule has 0 aliphatic carbocycles. The number of nitrogens with zero attached hydrogens (tertiary/aromatic N) is 1. The summed E-state index contributed by atoms with van der Waals surface area (Å²) in [5.74, 6) is 0.921. The maximum atomic E-state index is 5.30. The number of rotatable bonds is 4. The molecule has 0 bridgehead atoms. The lowest BCUT2D eigenvalue weighted by molar-refractivity contribution is 0.169. The maximum absolute atomic E-state index is 5.30. The van der Waals surface area contributed by atoms with Crippen LogP contribution in [-0.4, -0.2) is 38.2 Å². The highest BCUT2D eigenvalue weighted by Gasteiger charge is 2.20. The number of nitrogens with one attached hydrogen (secondary N) is 1. The summed E-state index contributed by atoms with van der Waals surface area (Å²) in [5, 5.41) is 5.97. The summed E-state index contributed by atoms with van der Waals surface area (Å²) in [7, 11) is 1.72. The Hall–Kier alpha value is -1.58. The van der Waals surface area contributed by atoms with Crippen LogP contribution < -0.4 is 10.1 Å². The first-order chi connectivity index (χ1) is 10.3. The fraction of sp³-hybridized carbons (Fsp3) is 0.444. The van der Waals surface area contributed by atoms with Crippen molar-refractivity contribution < 1.29 is 4.74 Å². The van der Waals surface area contributed by atoms with Crippen molar-refractivity contribution in [1.82, 2.24) is 10.2 Å². The van der Waals surface area contributed by atoms with Gasteiger partial charge in [0.25, 0.3) is 0 Å². The lowest BCUT2D eigenvalue weighted by Crippen LogP contribution is -2.45. The van der Waals surface area contributed by atoms with Gasteiger partial charge in [-0.1, -0.05) is 25.1 Å². The summed E-state index contributed by atoms with van der Waals surface area (Å²) in [6.45, 7) is 6.76. The summed E-state index contributed by atoms with van der Waals surface area (Å²) in [6.07, 6.45) is 1.15. The molecule has 1 heterocycles. The van der Waals surface area contributed by atoms with Gasteiger partial charge in [0.1, 0.15) is 5.75 Å². The third kappa shape index (κ3) is 3.04. The van der Waals surface area contributed by atoms with E-state index in [0.29, 0.717) is 6.04 Å². The number of methoxy groups -OCH3 is 1. The van der Waals surface area contributed by atoms with E-state index in [9.17, 15) is 0 Å². The average molecular weight is 284 g/mol. The van der Waals surface area contributed by atoms with Crippen molar-refractivity contribution in [2.75, 3.05) is 33.3 Å². The minimum atomic E-state index is 0.526. The lowest BCUT2D eigenvalue weighted by Gasteiger charge is -2.34. The Balaban J connectivity index is 1.91. The molecule has 0 spiro atoms. The van der Waals surface area contributed by atoms with Gasteiger partial charge in [0.05, 0.1) is 7.11 Å². The van der Waals surface area contributed by atoms with Crippen LogP contribution in [-0.2, 0) is 0 Å². The minimum Gasteiger partial charge on any atom is -0.497 e. The Morgan fingerprint density at radius 1 is 1.10 bits per heavy atom. The van der Waals surface area contributed by atoms with E-state index in [2.05, 4.69) is 47.5 Å². The van der Waals surface area contributed by atoms with E-state index in [1.807, 2.05) is 6.07 Å². The fourth-order valence-electron chi connectivity index (χ4n) is 3.28. The first-order valence-electron chi connectivity index (χ1n) is 7.84. The number of piperazine rings is 1. The highest BCUT2D eigenvalue weighted by Crippen LogP contribution is 2.29. The molecular formula is C18H24N2O. The molecule has 0 unspecified atom stereocenters. The van der Waals surface area contributed by atoms with E-state index in [1.165, 1.54) is 16.3 Å². The molecule has 3 rings (SSSR count). The first-order valence-corrected chi connectivity index (χ1v) is 7.84. The van der Waals surface area contributed by atoms with Crippen LogP contribution in [0.15, 0.2) is 36.4 Å². The normalized spacial score (nSPS) is 17.8. The summed E-state index contributed by atoms with van der Waals surface area (Å²) < 4.78 is 5.30. The summed E-state index contributed by atoms with van der Waals surface area (Å²) in [6, 6.07) is 13.7. The predicted molar refractivity (Wildman–Crippen MR) is 88.0 cm³/mol. The largest absolute Gasteiger partial charge is 0.497 e. The molecule has 0 radical (unpaired) electrons. The van der Waals surface area contributed by atoms with Crippen molar-refractivity contribution in [3.8, 4) is 5.75 Å². The second kappa shape index (κ2) is 6.46. The Morgan fingerprint density at radius 2 is 1.81 bits per heavy atom. The van der Waals surface area contributed by atoms with E-state index in [0.717, 1.165) is 38.3 Å². The van der Waals surface area contributed by atoms with Crippen LogP contribution in [0.1, 0.15) is 24.9 Å². The molecule has 1 aliphatic rings. The van der Waals surface area contributed by atoms with Crippen molar-refractivity contribution in [2.24, 2.45) is 0 Å². The Kier molecular flexibility index (Phi) is 4.42. The molecular weight excluding hydrogens is 260 g/mol. The molecule has 112 valence electrons. The third-order valence-corrected chi connectivity index (χ3v) is 4.44. The Labute approximate surface area is 126 Å². The van der Waals surface area contributed by atoms with Crippen molar-refractivity contribution >= 4 is 10.8 Å². The zero-order chi connectivity index (χ0) is 14.7. The topological polar surface area (TPSA) is 24.5 Å². The summed E-state index contributed by atoms with van der Waals surface area (Å²) in [5.41, 5.74) is 1.43. The van der Waals surface area contributed by atoms with Crippen LogP contribution in [0.4, 0.5) is 0 Å². The van der Waals surface area contributed by atoms with Crippen LogP contribution in [0, 0.1) is 0 Å². The van der Waals surface area contributed by atoms with Crippen LogP contribution in [0.5, 0.6) is 5.75 Å². The van der Waals surface area contributed by atoms with Gasteiger partial charge in [-0.25, -0.2) is 0 Å². The number of fused-ring (bicyclic) bond motifs is 1. The van der Waals surface area contributed by atoms with Gasteiger partial charge in [-0.05, 0) is 41.0 Å². The fourth-order valence-corrected chi connectivity index (χ4v) is 3.28. The van der Waals surface area contributed by atoms with Gasteiger partial charge in [-0.15, -0.1) is 0 Å². The molecule has 21 heavy (non-hydrogen) atoms. The van der Waals surface area contributed by atoms with Gasteiger partial charge in [0.15, 0.2) is 0 Å². The number of benzene rings is 2. The van der Waals surface area contributed by atoms with E-state index >= 15 is 0 Å². The Morgan fingerprint density at radius 3 is 2.52 bits per heavy atom. The van der Waals surface area contributed by atoms with Crippen LogP contribution in [0.25, 0.3) is 10.8 Å². The molecule has 1 saturated heterocycles. The molecule has 0 amide bonds. The van der Waals surface area contributed by atoms with Crippen LogP contribution in [0.3, 0.4) is 0 Å². The molecule has 3 nitrogen and oxygen atoms in total. The van der Waals surface area contributed by atoms with Crippen LogP contribution in [0.2, 0.25) is 0 Å². The standard InChI is InChI=1S/C18H24N2O/c1-3-18(20-10-8-19-9-11-20)16-5-4-15-13-17(21-2)7-6-14(15)12-16/h4-7,12-13,18-19H,3,8-11H2,1-2H3/t18-/m1/s1. The van der Waals surface area contributed by atoms with Crippen molar-refractivity contribution in [3.05, 3.63) is 42.0 Å². The van der Waals surface area contributed by atoms with Gasteiger partial charge >= 0.3 is 0 Å². The summed E-state index contributed by atoms with van der Waals surface area (Å²) in [4.78, 5) is 2.60. The van der Waals surface area contributed by atoms with Crippen LogP contribution >= 0.6 is 0 Å². The van der Waals surface area contributed by atoms with Gasteiger partial charge in [0, 0.05) is 32.2 Å². The molecule has 1 fully saturated rings. The zero-order valence-electron chi connectivity index (χ0n) is 12.9. The molecule has 1 aliphatic heterocycles. The second-order valence-electron chi connectivity index (χ2n) is 5.68. The minimum absolute atomic E-state index is 0.526. The van der Waals surface area contributed by atoms with E-state index in [1.54, 1.807) is 7.11 Å². The number of ether oxygens (including phenoxy) is 1. The van der Waals surface area contributed by atoms with Gasteiger partial charge < -0.3 is 10.1 Å². The molecule has 3 heteroatoms. The van der Waals surface area contributed by atoms with Crippen molar-refractivity contribution in [2.45, 2.75) is 19.4 Å². The average Bonchev–Trinajstić information content (AvgIpc) is 2.56. The molecule has 0 saturated carbocycles. The predicted octanol–water partition coefficient (Wildman–Crippen LogP) is 3.20.